The van der Waals surface area contributed by atoms with E-state index in [1.165, 1.54) is 12.8 Å². The molecule has 2 saturated carbocycles. The Bertz CT molecular complexity index is 1120. The first kappa shape index (κ1) is 30.1. The molecule has 0 bridgehead atoms. The van der Waals surface area contributed by atoms with Gasteiger partial charge in [-0.05, 0) is 65.2 Å². The van der Waals surface area contributed by atoms with Crippen molar-refractivity contribution in [2.24, 2.45) is 5.73 Å². The molecule has 3 heterocycles. The van der Waals surface area contributed by atoms with Gasteiger partial charge in [0.05, 0.1) is 11.6 Å². The van der Waals surface area contributed by atoms with E-state index in [4.69, 9.17) is 20.7 Å². The van der Waals surface area contributed by atoms with Crippen molar-refractivity contribution in [2.45, 2.75) is 107 Å². The average molecular weight is 578 g/mol. The number of rotatable bonds is 7. The van der Waals surface area contributed by atoms with Crippen molar-refractivity contribution in [1.29, 1.82) is 0 Å². The lowest BCUT2D eigenvalue weighted by molar-refractivity contribution is 0.327. The van der Waals surface area contributed by atoms with E-state index >= 15 is 0 Å². The highest BCUT2D eigenvalue weighted by Gasteiger charge is 2.31. The zero-order chi connectivity index (χ0) is 24.6. The molecular formula is C24H42Cl2N8O2S. The highest BCUT2D eigenvalue weighted by atomic mass is 35.5. The monoisotopic (exact) mass is 576 g/mol. The summed E-state index contributed by atoms with van der Waals surface area (Å²) in [6.45, 7) is 4.53. The number of aromatic nitrogens is 4. The molecule has 4 N–H and O–H groups in total. The van der Waals surface area contributed by atoms with Crippen LogP contribution >= 0.6 is 24.8 Å². The zero-order valence-corrected chi connectivity index (χ0v) is 24.3. The van der Waals surface area contributed by atoms with Gasteiger partial charge in [-0.1, -0.05) is 12.8 Å². The van der Waals surface area contributed by atoms with Crippen LogP contribution in [0.25, 0.3) is 11.2 Å². The molecule has 3 fully saturated rings. The number of hydrogen-bond donors (Lipinski definition) is 3. The molecule has 2 aromatic rings. The fourth-order valence-electron chi connectivity index (χ4n) is 5.72. The lowest BCUT2D eigenvalue weighted by Gasteiger charge is -2.33. The van der Waals surface area contributed by atoms with Crippen molar-refractivity contribution in [3.8, 4) is 0 Å². The zero-order valence-electron chi connectivity index (χ0n) is 21.8. The summed E-state index contributed by atoms with van der Waals surface area (Å²) in [6, 6.07) is 1.20. The van der Waals surface area contributed by atoms with Gasteiger partial charge in [0, 0.05) is 37.3 Å². The van der Waals surface area contributed by atoms with Crippen LogP contribution in [-0.2, 0) is 10.0 Å². The minimum absolute atomic E-state index is 0. The average Bonchev–Trinajstić information content (AvgIpc) is 3.51. The lowest BCUT2D eigenvalue weighted by Crippen LogP contribution is -2.45. The topological polar surface area (TPSA) is 131 Å². The molecule has 3 aliphatic rings. The molecule has 2 aromatic heterocycles. The Labute approximate surface area is 232 Å². The van der Waals surface area contributed by atoms with Crippen LogP contribution < -0.4 is 16.4 Å². The smallest absolute Gasteiger partial charge is 0.227 e. The van der Waals surface area contributed by atoms with Crippen molar-refractivity contribution in [1.82, 2.24) is 23.8 Å². The van der Waals surface area contributed by atoms with Crippen molar-refractivity contribution >= 4 is 57.8 Å². The SMILES string of the molecule is CC(C)S(=O)(=O)N1CCC(Nc2nc(N[C@H]3CC[C@H](N)CC3)nc3c2ncn3C2CCCC2)CC1.Cl.Cl. The summed E-state index contributed by atoms with van der Waals surface area (Å²) in [7, 11) is -3.22. The predicted molar refractivity (Wildman–Crippen MR) is 153 cm³/mol. The largest absolute Gasteiger partial charge is 0.365 e. The molecule has 2 aliphatic carbocycles. The van der Waals surface area contributed by atoms with Gasteiger partial charge in [0.1, 0.15) is 0 Å². The van der Waals surface area contributed by atoms with Gasteiger partial charge in [0.2, 0.25) is 16.0 Å². The summed E-state index contributed by atoms with van der Waals surface area (Å²) in [5.74, 6) is 1.38. The predicted octanol–water partition coefficient (Wildman–Crippen LogP) is 4.08. The first-order valence-electron chi connectivity index (χ1n) is 13.3. The first-order chi connectivity index (χ1) is 16.8. The van der Waals surface area contributed by atoms with E-state index in [1.54, 1.807) is 18.2 Å². The van der Waals surface area contributed by atoms with Crippen LogP contribution in [0, 0.1) is 0 Å². The van der Waals surface area contributed by atoms with Crippen LogP contribution in [0.3, 0.4) is 0 Å². The maximum Gasteiger partial charge on any atom is 0.227 e. The Balaban J connectivity index is 0.00000190. The van der Waals surface area contributed by atoms with E-state index in [0.717, 1.165) is 68.3 Å². The van der Waals surface area contributed by atoms with Crippen molar-refractivity contribution in [2.75, 3.05) is 23.7 Å². The molecule has 0 atom stereocenters. The number of piperidine rings is 1. The third kappa shape index (κ3) is 6.61. The Morgan fingerprint density at radius 2 is 1.54 bits per heavy atom. The van der Waals surface area contributed by atoms with Gasteiger partial charge in [0.25, 0.3) is 0 Å². The molecular weight excluding hydrogens is 535 g/mol. The number of sulfonamides is 1. The van der Waals surface area contributed by atoms with Crippen LogP contribution in [-0.4, -0.2) is 68.7 Å². The third-order valence-corrected chi connectivity index (χ3v) is 10.3. The van der Waals surface area contributed by atoms with E-state index in [1.807, 2.05) is 6.33 Å². The van der Waals surface area contributed by atoms with E-state index in [-0.39, 0.29) is 30.9 Å². The number of halogens is 2. The molecule has 0 radical (unpaired) electrons. The fraction of sp³-hybridized carbons (Fsp3) is 0.792. The number of nitrogens with two attached hydrogens (primary N) is 1. The summed E-state index contributed by atoms with van der Waals surface area (Å²) < 4.78 is 29.0. The fourth-order valence-corrected chi connectivity index (χ4v) is 7.04. The van der Waals surface area contributed by atoms with E-state index < -0.39 is 15.3 Å². The quantitative estimate of drug-likeness (QED) is 0.449. The number of imidazole rings is 1. The highest BCUT2D eigenvalue weighted by Crippen LogP contribution is 2.34. The Kier molecular flexibility index (Phi) is 10.3. The minimum atomic E-state index is -3.22. The van der Waals surface area contributed by atoms with Gasteiger partial charge in [-0.25, -0.2) is 17.7 Å². The maximum absolute atomic E-state index is 12.6. The Morgan fingerprint density at radius 3 is 2.16 bits per heavy atom. The normalized spacial score (nSPS) is 24.1. The standard InChI is InChI=1S/C24H40N8O2S.2ClH/c1-16(2)35(33,34)31-13-11-19(12-14-31)27-22-21-23(32(15-26-21)20-5-3-4-6-20)30-24(29-22)28-18-9-7-17(25)8-10-18;;/h15-20H,3-14,25H2,1-2H3,(H2,27,28,29,30);2*1H/t17-,18-;;. The number of anilines is 2. The molecule has 37 heavy (non-hydrogen) atoms. The molecule has 10 nitrogen and oxygen atoms in total. The number of hydrogen-bond acceptors (Lipinski definition) is 8. The van der Waals surface area contributed by atoms with Crippen LogP contribution in [0.15, 0.2) is 6.33 Å². The molecule has 13 heteroatoms. The summed E-state index contributed by atoms with van der Waals surface area (Å²) in [5.41, 5.74) is 7.78. The van der Waals surface area contributed by atoms with Crippen LogP contribution in [0.5, 0.6) is 0 Å². The molecule has 1 aliphatic heterocycles. The van der Waals surface area contributed by atoms with Gasteiger partial charge >= 0.3 is 0 Å². The van der Waals surface area contributed by atoms with Gasteiger partial charge in [0.15, 0.2) is 17.0 Å². The van der Waals surface area contributed by atoms with Crippen LogP contribution in [0.2, 0.25) is 0 Å². The molecule has 0 amide bonds. The summed E-state index contributed by atoms with van der Waals surface area (Å²) in [6.07, 6.45) is 12.3. The Hall–Kier alpha value is -1.40. The van der Waals surface area contributed by atoms with Gasteiger partial charge in [-0.15, -0.1) is 24.8 Å². The van der Waals surface area contributed by atoms with Crippen LogP contribution in [0.4, 0.5) is 11.8 Å². The molecule has 0 aromatic carbocycles. The summed E-state index contributed by atoms with van der Waals surface area (Å²) in [4.78, 5) is 14.5. The molecule has 0 unspecified atom stereocenters. The van der Waals surface area contributed by atoms with E-state index in [0.29, 0.717) is 37.2 Å². The second-order valence-corrected chi connectivity index (χ2v) is 13.3. The number of fused-ring (bicyclic) bond motifs is 1. The second-order valence-electron chi connectivity index (χ2n) is 10.8. The van der Waals surface area contributed by atoms with E-state index in [2.05, 4.69) is 15.2 Å². The first-order valence-corrected chi connectivity index (χ1v) is 14.8. The Morgan fingerprint density at radius 1 is 0.919 bits per heavy atom. The highest BCUT2D eigenvalue weighted by molar-refractivity contribution is 7.89. The van der Waals surface area contributed by atoms with Crippen LogP contribution in [0.1, 0.15) is 84.1 Å². The number of nitrogens with zero attached hydrogens (tertiary/aromatic N) is 5. The van der Waals surface area contributed by atoms with Gasteiger partial charge in [-0.3, -0.25) is 0 Å². The maximum atomic E-state index is 12.6. The van der Waals surface area contributed by atoms with Crippen molar-refractivity contribution in [3.63, 3.8) is 0 Å². The van der Waals surface area contributed by atoms with Gasteiger partial charge in [-0.2, -0.15) is 9.97 Å². The molecule has 5 rings (SSSR count). The summed E-state index contributed by atoms with van der Waals surface area (Å²) >= 11 is 0. The van der Waals surface area contributed by atoms with Crippen molar-refractivity contribution < 1.29 is 8.42 Å². The lowest BCUT2D eigenvalue weighted by atomic mass is 9.92. The molecule has 210 valence electrons. The van der Waals surface area contributed by atoms with Gasteiger partial charge < -0.3 is 20.9 Å². The third-order valence-electron chi connectivity index (χ3n) is 7.99. The molecule has 1 saturated heterocycles. The molecule has 0 spiro atoms. The second kappa shape index (κ2) is 12.6. The van der Waals surface area contributed by atoms with Crippen molar-refractivity contribution in [3.05, 3.63) is 6.33 Å². The minimum Gasteiger partial charge on any atom is -0.365 e. The van der Waals surface area contributed by atoms with E-state index in [9.17, 15) is 8.42 Å². The number of nitrogens with one attached hydrogen (secondary N) is 2. The summed E-state index contributed by atoms with van der Waals surface area (Å²) in [5, 5.41) is 6.78.